The minimum absolute atomic E-state index is 0.0298. The van der Waals surface area contributed by atoms with Gasteiger partial charge in [-0.1, -0.05) is 0 Å². The summed E-state index contributed by atoms with van der Waals surface area (Å²) in [5, 5.41) is 3.13. The van der Waals surface area contributed by atoms with Crippen LogP contribution in [-0.4, -0.2) is 33.1 Å². The molecule has 2 aromatic rings. The lowest BCUT2D eigenvalue weighted by molar-refractivity contribution is 0.0926. The lowest BCUT2D eigenvalue weighted by atomic mass is 10.1. The summed E-state index contributed by atoms with van der Waals surface area (Å²) in [6, 6.07) is 5.99. The molecule has 100 valence electrons. The molecule has 1 aliphatic rings. The van der Waals surface area contributed by atoms with Gasteiger partial charge in [0.2, 0.25) is 0 Å². The van der Waals surface area contributed by atoms with Crippen LogP contribution in [-0.2, 0) is 0 Å². The van der Waals surface area contributed by atoms with Crippen LogP contribution in [0.1, 0.15) is 23.2 Å². The molecule has 1 aromatic heterocycles. The van der Waals surface area contributed by atoms with E-state index in [1.165, 1.54) is 0 Å². The SMILES string of the molecule is O=C(NC1CCN(I)CC1)c1ccc2ncsc2c1. The van der Waals surface area contributed by atoms with Crippen molar-refractivity contribution < 1.29 is 4.79 Å². The normalized spacial score (nSPS) is 17.7. The van der Waals surface area contributed by atoms with Crippen LogP contribution in [0.3, 0.4) is 0 Å². The fourth-order valence-corrected chi connectivity index (χ4v) is 3.53. The number of carbonyl (C=O) groups excluding carboxylic acids is 1. The highest BCUT2D eigenvalue weighted by atomic mass is 127. The molecule has 2 heterocycles. The Hall–Kier alpha value is -0.730. The molecule has 1 aliphatic heterocycles. The van der Waals surface area contributed by atoms with Gasteiger partial charge in [0.15, 0.2) is 0 Å². The highest BCUT2D eigenvalue weighted by molar-refractivity contribution is 14.1. The van der Waals surface area contributed by atoms with Gasteiger partial charge >= 0.3 is 0 Å². The smallest absolute Gasteiger partial charge is 0.251 e. The number of hydrogen-bond donors (Lipinski definition) is 1. The van der Waals surface area contributed by atoms with Gasteiger partial charge in [0.05, 0.1) is 15.7 Å². The van der Waals surface area contributed by atoms with Crippen molar-refractivity contribution in [2.45, 2.75) is 18.9 Å². The van der Waals surface area contributed by atoms with Gasteiger partial charge in [-0.3, -0.25) is 4.79 Å². The van der Waals surface area contributed by atoms with Crippen LogP contribution in [0.2, 0.25) is 0 Å². The maximum Gasteiger partial charge on any atom is 0.251 e. The van der Waals surface area contributed by atoms with E-state index >= 15 is 0 Å². The first kappa shape index (κ1) is 13.3. The number of aromatic nitrogens is 1. The van der Waals surface area contributed by atoms with E-state index in [-0.39, 0.29) is 5.91 Å². The van der Waals surface area contributed by atoms with Crippen LogP contribution in [0.5, 0.6) is 0 Å². The largest absolute Gasteiger partial charge is 0.349 e. The van der Waals surface area contributed by atoms with Crippen molar-refractivity contribution in [3.8, 4) is 0 Å². The van der Waals surface area contributed by atoms with E-state index in [4.69, 9.17) is 0 Å². The lowest BCUT2D eigenvalue weighted by Crippen LogP contribution is -2.41. The van der Waals surface area contributed by atoms with E-state index in [1.54, 1.807) is 11.3 Å². The van der Waals surface area contributed by atoms with E-state index in [1.807, 2.05) is 23.7 Å². The monoisotopic (exact) mass is 387 g/mol. The molecule has 1 saturated heterocycles. The minimum atomic E-state index is 0.0298. The first-order chi connectivity index (χ1) is 9.22. The number of amides is 1. The summed E-state index contributed by atoms with van der Waals surface area (Å²) in [6.07, 6.45) is 2.05. The number of benzene rings is 1. The predicted molar refractivity (Wildman–Crippen MR) is 85.7 cm³/mol. The first-order valence-corrected chi connectivity index (χ1v) is 8.11. The Bertz CT molecular complexity index is 592. The molecule has 4 nitrogen and oxygen atoms in total. The summed E-state index contributed by atoms with van der Waals surface area (Å²) in [5.74, 6) is 0.0298. The van der Waals surface area contributed by atoms with Crippen LogP contribution in [0.4, 0.5) is 0 Å². The van der Waals surface area contributed by atoms with E-state index in [9.17, 15) is 4.79 Å². The Balaban J connectivity index is 1.69. The van der Waals surface area contributed by atoms with Crippen molar-refractivity contribution in [3.63, 3.8) is 0 Å². The quantitative estimate of drug-likeness (QED) is 0.637. The second-order valence-electron chi connectivity index (χ2n) is 4.69. The van der Waals surface area contributed by atoms with Crippen LogP contribution in [0.25, 0.3) is 10.2 Å². The van der Waals surface area contributed by atoms with Crippen molar-refractivity contribution >= 4 is 50.3 Å². The average Bonchev–Trinajstić information content (AvgIpc) is 2.88. The summed E-state index contributed by atoms with van der Waals surface area (Å²) >= 11 is 3.90. The van der Waals surface area contributed by atoms with Crippen molar-refractivity contribution in [3.05, 3.63) is 29.3 Å². The van der Waals surface area contributed by atoms with E-state index in [2.05, 4.69) is 36.3 Å². The Kier molecular flexibility index (Phi) is 3.99. The average molecular weight is 387 g/mol. The fourth-order valence-electron chi connectivity index (χ4n) is 2.26. The fraction of sp³-hybridized carbons (Fsp3) is 0.385. The second kappa shape index (κ2) is 5.72. The summed E-state index contributed by atoms with van der Waals surface area (Å²) < 4.78 is 3.33. The van der Waals surface area contributed by atoms with Gasteiger partial charge in [-0.2, -0.15) is 0 Å². The Labute approximate surface area is 129 Å². The molecule has 0 unspecified atom stereocenters. The molecule has 0 radical (unpaired) electrons. The Morgan fingerprint density at radius 2 is 2.21 bits per heavy atom. The Morgan fingerprint density at radius 1 is 1.42 bits per heavy atom. The van der Waals surface area contributed by atoms with Gasteiger partial charge in [0, 0.05) is 47.6 Å². The zero-order chi connectivity index (χ0) is 13.2. The zero-order valence-electron chi connectivity index (χ0n) is 10.3. The van der Waals surface area contributed by atoms with Gasteiger partial charge < -0.3 is 5.32 Å². The Morgan fingerprint density at radius 3 is 3.00 bits per heavy atom. The van der Waals surface area contributed by atoms with Gasteiger partial charge in [-0.05, 0) is 31.0 Å². The molecule has 0 atom stereocenters. The van der Waals surface area contributed by atoms with E-state index in [0.717, 1.165) is 41.7 Å². The van der Waals surface area contributed by atoms with Crippen LogP contribution < -0.4 is 5.32 Å². The summed E-state index contributed by atoms with van der Waals surface area (Å²) in [7, 11) is 0. The molecular formula is C13H14IN3OS. The molecule has 0 spiro atoms. The number of carbonyl (C=O) groups is 1. The summed E-state index contributed by atoms with van der Waals surface area (Å²) in [5.41, 5.74) is 3.50. The predicted octanol–water partition coefficient (Wildman–Crippen LogP) is 2.84. The first-order valence-electron chi connectivity index (χ1n) is 6.27. The maximum absolute atomic E-state index is 12.2. The highest BCUT2D eigenvalue weighted by Gasteiger charge is 2.19. The van der Waals surface area contributed by atoms with Crippen LogP contribution >= 0.6 is 34.2 Å². The van der Waals surface area contributed by atoms with Crippen molar-refractivity contribution in [1.29, 1.82) is 0 Å². The molecule has 0 aliphatic carbocycles. The van der Waals surface area contributed by atoms with Gasteiger partial charge in [0.25, 0.3) is 5.91 Å². The van der Waals surface area contributed by atoms with E-state index < -0.39 is 0 Å². The number of nitrogens with zero attached hydrogens (tertiary/aromatic N) is 2. The standard InChI is InChI=1S/C13H14IN3OS/c14-17-5-3-10(4-6-17)16-13(18)9-1-2-11-12(7-9)19-8-15-11/h1-2,7-8,10H,3-6H2,(H,16,18). The molecule has 1 aromatic carbocycles. The van der Waals surface area contributed by atoms with Gasteiger partial charge in [-0.25, -0.2) is 8.10 Å². The molecule has 0 bridgehead atoms. The van der Waals surface area contributed by atoms with E-state index in [0.29, 0.717) is 6.04 Å². The number of nitrogens with one attached hydrogen (secondary N) is 1. The molecular weight excluding hydrogens is 373 g/mol. The zero-order valence-corrected chi connectivity index (χ0v) is 13.3. The number of thiazole rings is 1. The molecule has 1 N–H and O–H groups in total. The highest BCUT2D eigenvalue weighted by Crippen LogP contribution is 2.20. The van der Waals surface area contributed by atoms with Gasteiger partial charge in [0.1, 0.15) is 0 Å². The number of piperidine rings is 1. The summed E-state index contributed by atoms with van der Waals surface area (Å²) in [6.45, 7) is 2.08. The number of hydrogen-bond acceptors (Lipinski definition) is 4. The molecule has 19 heavy (non-hydrogen) atoms. The third kappa shape index (κ3) is 3.06. The van der Waals surface area contributed by atoms with Crippen LogP contribution in [0, 0.1) is 0 Å². The third-order valence-electron chi connectivity index (χ3n) is 3.37. The summed E-state index contributed by atoms with van der Waals surface area (Å²) in [4.78, 5) is 16.4. The maximum atomic E-state index is 12.2. The topological polar surface area (TPSA) is 45.2 Å². The number of rotatable bonds is 2. The number of fused-ring (bicyclic) bond motifs is 1. The second-order valence-corrected chi connectivity index (χ2v) is 6.94. The number of halogens is 1. The lowest BCUT2D eigenvalue weighted by Gasteiger charge is -2.28. The molecule has 1 amide bonds. The minimum Gasteiger partial charge on any atom is -0.349 e. The van der Waals surface area contributed by atoms with Crippen LogP contribution in [0.15, 0.2) is 23.7 Å². The van der Waals surface area contributed by atoms with Gasteiger partial charge in [-0.15, -0.1) is 11.3 Å². The molecule has 0 saturated carbocycles. The molecule has 3 rings (SSSR count). The molecule has 6 heteroatoms. The van der Waals surface area contributed by atoms with Crippen molar-refractivity contribution in [1.82, 2.24) is 13.4 Å². The third-order valence-corrected chi connectivity index (χ3v) is 5.13. The molecule has 1 fully saturated rings. The van der Waals surface area contributed by atoms with Crippen molar-refractivity contribution in [2.24, 2.45) is 0 Å². The van der Waals surface area contributed by atoms with Crippen molar-refractivity contribution in [2.75, 3.05) is 13.1 Å².